The Morgan fingerprint density at radius 3 is 2.50 bits per heavy atom. The zero-order valence-corrected chi connectivity index (χ0v) is 10.8. The molecule has 0 bridgehead atoms. The summed E-state index contributed by atoms with van der Waals surface area (Å²) in [6, 6.07) is 0. The summed E-state index contributed by atoms with van der Waals surface area (Å²) < 4.78 is 0. The number of carbonyl (C=O) groups excluding carboxylic acids is 1. The van der Waals surface area contributed by atoms with Crippen molar-refractivity contribution in [3.63, 3.8) is 0 Å². The van der Waals surface area contributed by atoms with Crippen LogP contribution in [0.1, 0.15) is 32.6 Å². The molecule has 16 heavy (non-hydrogen) atoms. The average Bonchev–Trinajstić information content (AvgIpc) is 3.14. The van der Waals surface area contributed by atoms with Crippen LogP contribution >= 0.6 is 11.8 Å². The first-order valence-corrected chi connectivity index (χ1v) is 7.41. The van der Waals surface area contributed by atoms with E-state index in [4.69, 9.17) is 5.73 Å². The van der Waals surface area contributed by atoms with Crippen molar-refractivity contribution in [1.29, 1.82) is 0 Å². The third-order valence-electron chi connectivity index (χ3n) is 3.90. The molecule has 0 aromatic rings. The Balaban J connectivity index is 1.89. The third kappa shape index (κ3) is 2.72. The van der Waals surface area contributed by atoms with Crippen LogP contribution in [0.2, 0.25) is 0 Å². The van der Waals surface area contributed by atoms with Crippen molar-refractivity contribution in [2.24, 2.45) is 17.6 Å². The number of hydrogen-bond acceptors (Lipinski definition) is 3. The second-order valence-corrected chi connectivity index (χ2v) is 6.50. The molecule has 1 saturated heterocycles. The predicted molar refractivity (Wildman–Crippen MR) is 68.4 cm³/mol. The number of nitrogens with one attached hydrogen (secondary N) is 1. The molecule has 0 radical (unpaired) electrons. The highest BCUT2D eigenvalue weighted by atomic mass is 32.2. The summed E-state index contributed by atoms with van der Waals surface area (Å²) in [5.41, 5.74) is 5.66. The van der Waals surface area contributed by atoms with Crippen molar-refractivity contribution in [2.75, 3.05) is 18.1 Å². The molecule has 0 spiro atoms. The van der Waals surface area contributed by atoms with E-state index in [1.807, 2.05) is 11.8 Å². The lowest BCUT2D eigenvalue weighted by Crippen LogP contribution is -2.54. The van der Waals surface area contributed by atoms with E-state index < -0.39 is 0 Å². The van der Waals surface area contributed by atoms with E-state index in [1.165, 1.54) is 12.8 Å². The molecule has 2 rings (SSSR count). The van der Waals surface area contributed by atoms with Crippen LogP contribution in [0, 0.1) is 11.8 Å². The first-order valence-electron chi connectivity index (χ1n) is 6.25. The van der Waals surface area contributed by atoms with Crippen LogP contribution in [-0.2, 0) is 4.79 Å². The quantitative estimate of drug-likeness (QED) is 0.783. The van der Waals surface area contributed by atoms with Gasteiger partial charge in [0.15, 0.2) is 0 Å². The van der Waals surface area contributed by atoms with E-state index in [-0.39, 0.29) is 17.4 Å². The normalized spacial score (nSPS) is 26.1. The summed E-state index contributed by atoms with van der Waals surface area (Å²) >= 11 is 1.95. The van der Waals surface area contributed by atoms with Crippen LogP contribution in [0.3, 0.4) is 0 Å². The van der Waals surface area contributed by atoms with Crippen LogP contribution in [-0.4, -0.2) is 29.5 Å². The van der Waals surface area contributed by atoms with Gasteiger partial charge in [0, 0.05) is 12.5 Å². The second-order valence-electron chi connectivity index (χ2n) is 5.27. The number of hydrogen-bond donors (Lipinski definition) is 2. The van der Waals surface area contributed by atoms with Crippen molar-refractivity contribution in [3.05, 3.63) is 0 Å². The molecule has 1 saturated carbocycles. The highest BCUT2D eigenvalue weighted by Crippen LogP contribution is 2.39. The Hall–Kier alpha value is -0.220. The maximum Gasteiger partial charge on any atom is 0.223 e. The summed E-state index contributed by atoms with van der Waals surface area (Å²) in [6.07, 6.45) is 4.49. The minimum Gasteiger partial charge on any atom is -0.349 e. The standard InChI is InChI=1S/C12H22N2OS/c1-12(8-13,10-2-3-10)14-11(15)9-4-6-16-7-5-9/h9-10H,2-8,13H2,1H3,(H,14,15). The fraction of sp³-hybridized carbons (Fsp3) is 0.917. The Bertz CT molecular complexity index is 262. The Labute approximate surface area is 102 Å². The van der Waals surface area contributed by atoms with E-state index in [0.717, 1.165) is 24.3 Å². The Morgan fingerprint density at radius 1 is 1.38 bits per heavy atom. The Kier molecular flexibility index (Phi) is 3.80. The number of carbonyl (C=O) groups is 1. The van der Waals surface area contributed by atoms with Gasteiger partial charge in [0.05, 0.1) is 5.54 Å². The predicted octanol–water partition coefficient (Wildman–Crippen LogP) is 1.37. The fourth-order valence-electron chi connectivity index (χ4n) is 2.38. The third-order valence-corrected chi connectivity index (χ3v) is 4.95. The first kappa shape index (κ1) is 12.2. The largest absolute Gasteiger partial charge is 0.349 e. The van der Waals surface area contributed by atoms with Crippen LogP contribution < -0.4 is 11.1 Å². The summed E-state index contributed by atoms with van der Waals surface area (Å²) in [5, 5.41) is 3.20. The molecule has 2 fully saturated rings. The highest BCUT2D eigenvalue weighted by molar-refractivity contribution is 7.99. The number of amides is 1. The smallest absolute Gasteiger partial charge is 0.223 e. The fourth-order valence-corrected chi connectivity index (χ4v) is 3.49. The van der Waals surface area contributed by atoms with Gasteiger partial charge in [-0.1, -0.05) is 0 Å². The summed E-state index contributed by atoms with van der Waals surface area (Å²) in [6.45, 7) is 2.66. The zero-order chi connectivity index (χ0) is 11.6. The van der Waals surface area contributed by atoms with Crippen LogP contribution in [0.25, 0.3) is 0 Å². The van der Waals surface area contributed by atoms with Crippen LogP contribution in [0.15, 0.2) is 0 Å². The molecule has 4 heteroatoms. The lowest BCUT2D eigenvalue weighted by molar-refractivity contribution is -0.127. The van der Waals surface area contributed by atoms with Gasteiger partial charge < -0.3 is 11.1 Å². The van der Waals surface area contributed by atoms with Crippen molar-refractivity contribution in [1.82, 2.24) is 5.32 Å². The molecule has 0 aromatic carbocycles. The first-order chi connectivity index (χ1) is 7.65. The molecule has 1 aliphatic heterocycles. The van der Waals surface area contributed by atoms with Crippen LogP contribution in [0.4, 0.5) is 0 Å². The van der Waals surface area contributed by atoms with E-state index >= 15 is 0 Å². The molecule has 3 N–H and O–H groups in total. The van der Waals surface area contributed by atoms with E-state index in [9.17, 15) is 4.79 Å². The molecular weight excluding hydrogens is 220 g/mol. The highest BCUT2D eigenvalue weighted by Gasteiger charge is 2.42. The maximum absolute atomic E-state index is 12.1. The topological polar surface area (TPSA) is 55.1 Å². The zero-order valence-electron chi connectivity index (χ0n) is 10.00. The van der Waals surface area contributed by atoms with Crippen molar-refractivity contribution < 1.29 is 4.79 Å². The van der Waals surface area contributed by atoms with Gasteiger partial charge in [0.1, 0.15) is 0 Å². The van der Waals surface area contributed by atoms with Gasteiger partial charge in [-0.05, 0) is 50.0 Å². The monoisotopic (exact) mass is 242 g/mol. The molecule has 2 aliphatic rings. The minimum atomic E-state index is -0.151. The van der Waals surface area contributed by atoms with E-state index in [0.29, 0.717) is 12.5 Å². The summed E-state index contributed by atoms with van der Waals surface area (Å²) in [7, 11) is 0. The summed E-state index contributed by atoms with van der Waals surface area (Å²) in [5.74, 6) is 3.33. The SMILES string of the molecule is CC(CN)(NC(=O)C1CCSCC1)C1CC1. The summed E-state index contributed by atoms with van der Waals surface area (Å²) in [4.78, 5) is 12.1. The van der Waals surface area contributed by atoms with Crippen molar-refractivity contribution >= 4 is 17.7 Å². The molecule has 92 valence electrons. The van der Waals surface area contributed by atoms with Gasteiger partial charge in [-0.3, -0.25) is 4.79 Å². The second kappa shape index (κ2) is 4.96. The maximum atomic E-state index is 12.1. The van der Waals surface area contributed by atoms with Crippen molar-refractivity contribution in [2.45, 2.75) is 38.1 Å². The molecule has 3 nitrogen and oxygen atoms in total. The lowest BCUT2D eigenvalue weighted by atomic mass is 9.93. The van der Waals surface area contributed by atoms with E-state index in [1.54, 1.807) is 0 Å². The van der Waals surface area contributed by atoms with Gasteiger partial charge in [-0.15, -0.1) is 0 Å². The Morgan fingerprint density at radius 2 is 2.00 bits per heavy atom. The average molecular weight is 242 g/mol. The van der Waals surface area contributed by atoms with Crippen LogP contribution in [0.5, 0.6) is 0 Å². The number of thioether (sulfide) groups is 1. The van der Waals surface area contributed by atoms with E-state index in [2.05, 4.69) is 12.2 Å². The molecule has 1 atom stereocenters. The molecule has 0 aromatic heterocycles. The number of rotatable bonds is 4. The van der Waals surface area contributed by atoms with Gasteiger partial charge >= 0.3 is 0 Å². The molecular formula is C12H22N2OS. The van der Waals surface area contributed by atoms with Gasteiger partial charge in [0.25, 0.3) is 0 Å². The molecule has 1 amide bonds. The van der Waals surface area contributed by atoms with Crippen molar-refractivity contribution in [3.8, 4) is 0 Å². The minimum absolute atomic E-state index is 0.151. The number of nitrogens with two attached hydrogens (primary N) is 1. The van der Waals surface area contributed by atoms with Gasteiger partial charge in [-0.25, -0.2) is 0 Å². The van der Waals surface area contributed by atoms with Gasteiger partial charge in [-0.2, -0.15) is 11.8 Å². The molecule has 1 aliphatic carbocycles. The lowest BCUT2D eigenvalue weighted by Gasteiger charge is -2.32. The van der Waals surface area contributed by atoms with Gasteiger partial charge in [0.2, 0.25) is 5.91 Å². The molecule has 1 heterocycles. The molecule has 1 unspecified atom stereocenters.